The number of nitrogens with one attached hydrogen (secondary N) is 1. The summed E-state index contributed by atoms with van der Waals surface area (Å²) in [6.45, 7) is 0.342. The molecule has 1 heterocycles. The Balaban J connectivity index is 2.09. The Kier molecular flexibility index (Phi) is 2.37. The lowest BCUT2D eigenvalue weighted by molar-refractivity contribution is 0.176. The van der Waals surface area contributed by atoms with Crippen molar-refractivity contribution in [3.05, 3.63) is 35.9 Å². The number of carbonyl (C=O) groups excluding carboxylic acids is 1. The van der Waals surface area contributed by atoms with Crippen LogP contribution in [0.3, 0.4) is 0 Å². The molecule has 2 unspecified atom stereocenters. The molecule has 0 saturated carbocycles. The van der Waals surface area contributed by atoms with Crippen molar-refractivity contribution in [1.82, 2.24) is 5.32 Å². The van der Waals surface area contributed by atoms with E-state index in [1.165, 1.54) is 0 Å². The molecule has 74 valence electrons. The second-order valence-corrected chi connectivity index (χ2v) is 3.29. The fourth-order valence-electron chi connectivity index (χ4n) is 1.50. The largest absolute Gasteiger partial charge is 0.447 e. The number of hydrogen-bond acceptors (Lipinski definition) is 3. The maximum absolute atomic E-state index is 10.8. The lowest BCUT2D eigenvalue weighted by Gasteiger charge is -2.16. The van der Waals surface area contributed by atoms with Crippen LogP contribution in [0.4, 0.5) is 4.79 Å². The predicted octanol–water partition coefficient (Wildman–Crippen LogP) is 0.795. The molecule has 14 heavy (non-hydrogen) atoms. The number of cyclic esters (lactones) is 1. The zero-order valence-corrected chi connectivity index (χ0v) is 7.64. The summed E-state index contributed by atoms with van der Waals surface area (Å²) in [5, 5.41) is 2.67. The summed E-state index contributed by atoms with van der Waals surface area (Å²) in [5.74, 6) is 0. The predicted molar refractivity (Wildman–Crippen MR) is 51.6 cm³/mol. The molecule has 2 rings (SSSR count). The highest BCUT2D eigenvalue weighted by molar-refractivity contribution is 5.69. The van der Waals surface area contributed by atoms with Gasteiger partial charge in [-0.3, -0.25) is 0 Å². The average Bonchev–Trinajstić information content (AvgIpc) is 2.65. The molecule has 1 aromatic carbocycles. The van der Waals surface area contributed by atoms with E-state index in [9.17, 15) is 4.79 Å². The molecule has 0 radical (unpaired) electrons. The standard InChI is InChI=1S/C10H12N2O2/c11-9(7-4-2-1-3-5-7)8-6-14-10(13)12-8/h1-5,8-9H,6,11H2,(H,12,13). The Morgan fingerprint density at radius 3 is 2.71 bits per heavy atom. The zero-order valence-electron chi connectivity index (χ0n) is 7.64. The number of alkyl carbamates (subject to hydrolysis) is 1. The highest BCUT2D eigenvalue weighted by Gasteiger charge is 2.28. The normalized spacial score (nSPS) is 22.6. The van der Waals surface area contributed by atoms with Gasteiger partial charge >= 0.3 is 6.09 Å². The van der Waals surface area contributed by atoms with E-state index in [2.05, 4.69) is 5.32 Å². The minimum atomic E-state index is -0.388. The summed E-state index contributed by atoms with van der Waals surface area (Å²) < 4.78 is 4.78. The smallest absolute Gasteiger partial charge is 0.407 e. The minimum Gasteiger partial charge on any atom is -0.447 e. The Hall–Kier alpha value is -1.55. The second kappa shape index (κ2) is 3.67. The van der Waals surface area contributed by atoms with Gasteiger partial charge in [-0.05, 0) is 5.56 Å². The quantitative estimate of drug-likeness (QED) is 0.728. The maximum atomic E-state index is 10.8. The third-order valence-corrected chi connectivity index (χ3v) is 2.32. The first-order valence-electron chi connectivity index (χ1n) is 4.51. The van der Waals surface area contributed by atoms with E-state index in [1.54, 1.807) is 0 Å². The van der Waals surface area contributed by atoms with Crippen molar-refractivity contribution < 1.29 is 9.53 Å². The van der Waals surface area contributed by atoms with Crippen LogP contribution in [-0.4, -0.2) is 18.7 Å². The summed E-state index contributed by atoms with van der Waals surface area (Å²) in [7, 11) is 0. The number of nitrogens with two attached hydrogens (primary N) is 1. The molecule has 2 atom stereocenters. The van der Waals surface area contributed by atoms with Crippen molar-refractivity contribution in [3.63, 3.8) is 0 Å². The molecule has 1 aliphatic heterocycles. The molecule has 1 fully saturated rings. The molecule has 0 bridgehead atoms. The molecule has 0 aliphatic carbocycles. The third-order valence-electron chi connectivity index (χ3n) is 2.32. The van der Waals surface area contributed by atoms with Gasteiger partial charge in [0.25, 0.3) is 0 Å². The summed E-state index contributed by atoms with van der Waals surface area (Å²) in [6, 6.07) is 9.33. The first-order chi connectivity index (χ1) is 6.77. The SMILES string of the molecule is NC(c1ccccc1)C1COC(=O)N1. The molecule has 1 aliphatic rings. The van der Waals surface area contributed by atoms with Gasteiger partial charge in [0.2, 0.25) is 0 Å². The Bertz CT molecular complexity index is 326. The monoisotopic (exact) mass is 192 g/mol. The second-order valence-electron chi connectivity index (χ2n) is 3.29. The van der Waals surface area contributed by atoms with E-state index >= 15 is 0 Å². The molecule has 1 amide bonds. The number of amides is 1. The van der Waals surface area contributed by atoms with Crippen LogP contribution >= 0.6 is 0 Å². The van der Waals surface area contributed by atoms with Crippen LogP contribution < -0.4 is 11.1 Å². The van der Waals surface area contributed by atoms with Gasteiger partial charge in [0.05, 0.1) is 12.1 Å². The fraction of sp³-hybridized carbons (Fsp3) is 0.300. The molecule has 4 nitrogen and oxygen atoms in total. The lowest BCUT2D eigenvalue weighted by atomic mass is 10.0. The number of benzene rings is 1. The summed E-state index contributed by atoms with van der Waals surface area (Å²) in [6.07, 6.45) is -0.388. The van der Waals surface area contributed by atoms with Crippen LogP contribution in [0.2, 0.25) is 0 Å². The van der Waals surface area contributed by atoms with Gasteiger partial charge in [0, 0.05) is 0 Å². The molecule has 0 aromatic heterocycles. The van der Waals surface area contributed by atoms with Crippen LogP contribution in [0.5, 0.6) is 0 Å². The molecular weight excluding hydrogens is 180 g/mol. The maximum Gasteiger partial charge on any atom is 0.407 e. The van der Waals surface area contributed by atoms with Gasteiger partial charge in [0.15, 0.2) is 0 Å². The van der Waals surface area contributed by atoms with E-state index in [0.29, 0.717) is 6.61 Å². The van der Waals surface area contributed by atoms with Crippen LogP contribution in [0.15, 0.2) is 30.3 Å². The molecular formula is C10H12N2O2. The average molecular weight is 192 g/mol. The zero-order chi connectivity index (χ0) is 9.97. The van der Waals surface area contributed by atoms with Crippen LogP contribution in [0.1, 0.15) is 11.6 Å². The minimum absolute atomic E-state index is 0.120. The van der Waals surface area contributed by atoms with Gasteiger partial charge in [-0.15, -0.1) is 0 Å². The van der Waals surface area contributed by atoms with Crippen molar-refractivity contribution in [2.45, 2.75) is 12.1 Å². The highest BCUT2D eigenvalue weighted by Crippen LogP contribution is 2.16. The van der Waals surface area contributed by atoms with Crippen molar-refractivity contribution in [2.24, 2.45) is 5.73 Å². The van der Waals surface area contributed by atoms with E-state index in [-0.39, 0.29) is 18.2 Å². The molecule has 4 heteroatoms. The van der Waals surface area contributed by atoms with Crippen molar-refractivity contribution in [3.8, 4) is 0 Å². The van der Waals surface area contributed by atoms with E-state index in [0.717, 1.165) is 5.56 Å². The van der Waals surface area contributed by atoms with Gasteiger partial charge in [-0.25, -0.2) is 4.79 Å². The summed E-state index contributed by atoms with van der Waals surface area (Å²) >= 11 is 0. The fourth-order valence-corrected chi connectivity index (χ4v) is 1.50. The molecule has 1 aromatic rings. The topological polar surface area (TPSA) is 64.3 Å². The Morgan fingerprint density at radius 2 is 2.14 bits per heavy atom. The number of hydrogen-bond donors (Lipinski definition) is 2. The van der Waals surface area contributed by atoms with Gasteiger partial charge in [-0.2, -0.15) is 0 Å². The van der Waals surface area contributed by atoms with Gasteiger partial charge < -0.3 is 15.8 Å². The third kappa shape index (κ3) is 1.70. The van der Waals surface area contributed by atoms with Crippen LogP contribution in [-0.2, 0) is 4.74 Å². The first kappa shape index (κ1) is 9.02. The number of ether oxygens (including phenoxy) is 1. The first-order valence-corrected chi connectivity index (χ1v) is 4.51. The lowest BCUT2D eigenvalue weighted by Crippen LogP contribution is -2.37. The Morgan fingerprint density at radius 1 is 1.43 bits per heavy atom. The van der Waals surface area contributed by atoms with Gasteiger partial charge in [-0.1, -0.05) is 30.3 Å². The molecule has 1 saturated heterocycles. The van der Waals surface area contributed by atoms with Crippen LogP contribution in [0.25, 0.3) is 0 Å². The van der Waals surface area contributed by atoms with Crippen molar-refractivity contribution in [2.75, 3.05) is 6.61 Å². The van der Waals surface area contributed by atoms with E-state index in [1.807, 2.05) is 30.3 Å². The molecule has 3 N–H and O–H groups in total. The van der Waals surface area contributed by atoms with E-state index in [4.69, 9.17) is 10.5 Å². The summed E-state index contributed by atoms with van der Waals surface area (Å²) in [5.41, 5.74) is 6.97. The van der Waals surface area contributed by atoms with E-state index < -0.39 is 0 Å². The highest BCUT2D eigenvalue weighted by atomic mass is 16.6. The molecule has 0 spiro atoms. The van der Waals surface area contributed by atoms with Crippen molar-refractivity contribution >= 4 is 6.09 Å². The number of carbonyl (C=O) groups is 1. The van der Waals surface area contributed by atoms with Gasteiger partial charge in [0.1, 0.15) is 6.61 Å². The number of rotatable bonds is 2. The summed E-state index contributed by atoms with van der Waals surface area (Å²) in [4.78, 5) is 10.8. The Labute approximate surface area is 82.1 Å². The van der Waals surface area contributed by atoms with Crippen LogP contribution in [0, 0.1) is 0 Å². The van der Waals surface area contributed by atoms with Crippen molar-refractivity contribution in [1.29, 1.82) is 0 Å².